The van der Waals surface area contributed by atoms with Crippen LogP contribution < -0.4 is 15.1 Å². The molecule has 0 saturated heterocycles. The minimum absolute atomic E-state index is 0.0743. The van der Waals surface area contributed by atoms with Gasteiger partial charge in [0.2, 0.25) is 5.75 Å². The Bertz CT molecular complexity index is 691. The summed E-state index contributed by atoms with van der Waals surface area (Å²) in [5, 5.41) is 19.5. The van der Waals surface area contributed by atoms with Crippen LogP contribution in [0, 0.1) is 0 Å². The highest BCUT2D eigenvalue weighted by Gasteiger charge is 2.18. The van der Waals surface area contributed by atoms with Crippen molar-refractivity contribution >= 4 is 11.0 Å². The Kier molecular flexibility index (Phi) is 6.29. The summed E-state index contributed by atoms with van der Waals surface area (Å²) < 4.78 is 16.0. The van der Waals surface area contributed by atoms with E-state index in [2.05, 4.69) is 6.92 Å². The van der Waals surface area contributed by atoms with E-state index >= 15 is 0 Å². The molecule has 0 aliphatic rings. The summed E-state index contributed by atoms with van der Waals surface area (Å²) in [7, 11) is 0. The molecule has 0 bridgehead atoms. The van der Waals surface area contributed by atoms with E-state index in [-0.39, 0.29) is 35.7 Å². The summed E-state index contributed by atoms with van der Waals surface area (Å²) >= 11 is 0. The predicted molar refractivity (Wildman–Crippen MR) is 86.4 cm³/mol. The van der Waals surface area contributed by atoms with Gasteiger partial charge in [-0.1, -0.05) is 32.3 Å². The summed E-state index contributed by atoms with van der Waals surface area (Å²) in [5.41, 5.74) is -0.508. The molecule has 6 heteroatoms. The van der Waals surface area contributed by atoms with Gasteiger partial charge in [0, 0.05) is 0 Å². The second-order valence-corrected chi connectivity index (χ2v) is 5.18. The number of ether oxygens (including phenoxy) is 2. The van der Waals surface area contributed by atoms with Crippen molar-refractivity contribution < 1.29 is 24.1 Å². The predicted octanol–water partition coefficient (Wildman–Crippen LogP) is 2.83. The lowest BCUT2D eigenvalue weighted by Gasteiger charge is -2.11. The first-order chi connectivity index (χ1) is 11.2. The molecule has 0 radical (unpaired) electrons. The summed E-state index contributed by atoms with van der Waals surface area (Å²) in [6.07, 6.45) is 4.00. The van der Waals surface area contributed by atoms with E-state index in [0.717, 1.165) is 25.7 Å². The average molecular weight is 322 g/mol. The van der Waals surface area contributed by atoms with Crippen LogP contribution in [-0.2, 0) is 0 Å². The first-order valence-electron chi connectivity index (χ1n) is 7.84. The van der Waals surface area contributed by atoms with E-state index in [9.17, 15) is 9.90 Å². The molecule has 0 atom stereocenters. The van der Waals surface area contributed by atoms with Crippen LogP contribution in [0.15, 0.2) is 27.4 Å². The molecule has 0 spiro atoms. The van der Waals surface area contributed by atoms with Gasteiger partial charge in [0.15, 0.2) is 5.75 Å². The zero-order valence-corrected chi connectivity index (χ0v) is 13.2. The van der Waals surface area contributed by atoms with Gasteiger partial charge in [-0.2, -0.15) is 0 Å². The minimum Gasteiger partial charge on any atom is -0.503 e. The van der Waals surface area contributed by atoms with Crippen LogP contribution in [0.2, 0.25) is 0 Å². The van der Waals surface area contributed by atoms with Crippen molar-refractivity contribution in [3.05, 3.63) is 28.6 Å². The van der Waals surface area contributed by atoms with Crippen molar-refractivity contribution in [2.45, 2.75) is 32.6 Å². The van der Waals surface area contributed by atoms with Gasteiger partial charge in [0.25, 0.3) is 0 Å². The standard InChI is InChI=1S/C17H22O6/c1-2-3-4-5-10-22-16-15(19)14-12(21-11-9-18)7-6-8-13(14)23-17(16)20/h6-8,18-19H,2-5,9-11H2,1H3. The van der Waals surface area contributed by atoms with Crippen molar-refractivity contribution in [2.24, 2.45) is 0 Å². The normalized spacial score (nSPS) is 10.9. The highest BCUT2D eigenvalue weighted by Crippen LogP contribution is 2.37. The number of aromatic hydroxyl groups is 1. The van der Waals surface area contributed by atoms with Gasteiger partial charge in [-0.15, -0.1) is 0 Å². The smallest absolute Gasteiger partial charge is 0.383 e. The van der Waals surface area contributed by atoms with Crippen molar-refractivity contribution in [3.8, 4) is 17.2 Å². The highest BCUT2D eigenvalue weighted by atomic mass is 16.5. The fourth-order valence-electron chi connectivity index (χ4n) is 2.29. The third-order valence-electron chi connectivity index (χ3n) is 3.42. The van der Waals surface area contributed by atoms with Crippen molar-refractivity contribution in [1.29, 1.82) is 0 Å². The molecular weight excluding hydrogens is 300 g/mol. The van der Waals surface area contributed by atoms with Crippen LogP contribution in [0.3, 0.4) is 0 Å². The van der Waals surface area contributed by atoms with E-state index in [4.69, 9.17) is 19.0 Å². The molecule has 0 saturated carbocycles. The molecule has 0 unspecified atom stereocenters. The number of hydrogen-bond acceptors (Lipinski definition) is 6. The molecule has 0 fully saturated rings. The second kappa shape index (κ2) is 8.43. The Labute approximate surface area is 134 Å². The van der Waals surface area contributed by atoms with E-state index in [1.54, 1.807) is 18.2 Å². The van der Waals surface area contributed by atoms with Crippen LogP contribution >= 0.6 is 0 Å². The van der Waals surface area contributed by atoms with E-state index in [0.29, 0.717) is 12.4 Å². The molecule has 0 aliphatic heterocycles. The van der Waals surface area contributed by atoms with Gasteiger partial charge in [-0.05, 0) is 18.6 Å². The Morgan fingerprint density at radius 1 is 1.13 bits per heavy atom. The van der Waals surface area contributed by atoms with Crippen molar-refractivity contribution in [2.75, 3.05) is 19.8 Å². The molecule has 0 aliphatic carbocycles. The molecule has 6 nitrogen and oxygen atoms in total. The van der Waals surface area contributed by atoms with E-state index in [1.807, 2.05) is 0 Å². The molecule has 2 rings (SSSR count). The summed E-state index contributed by atoms with van der Waals surface area (Å²) in [4.78, 5) is 12.0. The number of rotatable bonds is 9. The fourth-order valence-corrected chi connectivity index (χ4v) is 2.29. The molecule has 23 heavy (non-hydrogen) atoms. The van der Waals surface area contributed by atoms with E-state index in [1.165, 1.54) is 0 Å². The van der Waals surface area contributed by atoms with Crippen LogP contribution in [0.5, 0.6) is 17.2 Å². The van der Waals surface area contributed by atoms with Crippen LogP contribution in [-0.4, -0.2) is 30.0 Å². The number of aliphatic hydroxyl groups excluding tert-OH is 1. The maximum Gasteiger partial charge on any atom is 0.383 e. The summed E-state index contributed by atoms with van der Waals surface area (Å²) in [6.45, 7) is 2.36. The molecule has 2 N–H and O–H groups in total. The third-order valence-corrected chi connectivity index (χ3v) is 3.42. The lowest BCUT2D eigenvalue weighted by molar-refractivity contribution is 0.202. The molecule has 2 aromatic rings. The molecular formula is C17H22O6. The number of fused-ring (bicyclic) bond motifs is 1. The summed E-state index contributed by atoms with van der Waals surface area (Å²) in [5.74, 6) is -0.164. The first kappa shape index (κ1) is 17.1. The maximum absolute atomic E-state index is 12.0. The molecule has 1 aromatic carbocycles. The Morgan fingerprint density at radius 3 is 2.70 bits per heavy atom. The SMILES string of the molecule is CCCCCCOc1c(O)c2c(OCCO)cccc2oc1=O. The van der Waals surface area contributed by atoms with Gasteiger partial charge >= 0.3 is 5.63 Å². The minimum atomic E-state index is -0.718. The number of hydrogen-bond donors (Lipinski definition) is 2. The zero-order valence-electron chi connectivity index (χ0n) is 13.2. The van der Waals surface area contributed by atoms with Crippen LogP contribution in [0.4, 0.5) is 0 Å². The van der Waals surface area contributed by atoms with Gasteiger partial charge in [-0.25, -0.2) is 4.79 Å². The largest absolute Gasteiger partial charge is 0.503 e. The average Bonchev–Trinajstić information content (AvgIpc) is 2.55. The third kappa shape index (κ3) is 4.16. The first-order valence-corrected chi connectivity index (χ1v) is 7.84. The maximum atomic E-state index is 12.0. The summed E-state index contributed by atoms with van der Waals surface area (Å²) in [6, 6.07) is 4.83. The number of benzene rings is 1. The number of unbranched alkanes of at least 4 members (excludes halogenated alkanes) is 3. The van der Waals surface area contributed by atoms with Crippen molar-refractivity contribution in [3.63, 3.8) is 0 Å². The number of aliphatic hydroxyl groups is 1. The lowest BCUT2D eigenvalue weighted by atomic mass is 10.2. The quantitative estimate of drug-likeness (QED) is 0.545. The topological polar surface area (TPSA) is 89.1 Å². The van der Waals surface area contributed by atoms with Gasteiger partial charge in [-0.3, -0.25) is 0 Å². The Morgan fingerprint density at radius 2 is 1.96 bits per heavy atom. The van der Waals surface area contributed by atoms with E-state index < -0.39 is 5.63 Å². The molecule has 1 heterocycles. The fraction of sp³-hybridized carbons (Fsp3) is 0.471. The Hall–Kier alpha value is -2.21. The Balaban J connectivity index is 2.28. The van der Waals surface area contributed by atoms with Crippen LogP contribution in [0.25, 0.3) is 11.0 Å². The molecule has 0 amide bonds. The van der Waals surface area contributed by atoms with Crippen LogP contribution in [0.1, 0.15) is 32.6 Å². The highest BCUT2D eigenvalue weighted by molar-refractivity contribution is 5.91. The van der Waals surface area contributed by atoms with Gasteiger partial charge < -0.3 is 24.1 Å². The van der Waals surface area contributed by atoms with Gasteiger partial charge in [0.05, 0.1) is 13.2 Å². The van der Waals surface area contributed by atoms with Gasteiger partial charge in [0.1, 0.15) is 23.3 Å². The van der Waals surface area contributed by atoms with Crippen molar-refractivity contribution in [1.82, 2.24) is 0 Å². The molecule has 1 aromatic heterocycles. The monoisotopic (exact) mass is 322 g/mol. The second-order valence-electron chi connectivity index (χ2n) is 5.18. The zero-order chi connectivity index (χ0) is 16.7. The lowest BCUT2D eigenvalue weighted by Crippen LogP contribution is -2.09. The molecule has 126 valence electrons.